The lowest BCUT2D eigenvalue weighted by Gasteiger charge is -2.20. The number of aliphatic imine (C=N–C) groups is 1. The van der Waals surface area contributed by atoms with Crippen LogP contribution in [0.15, 0.2) is 4.99 Å². The third-order valence-electron chi connectivity index (χ3n) is 3.66. The van der Waals surface area contributed by atoms with Crippen molar-refractivity contribution in [2.24, 2.45) is 10.9 Å². The molecule has 0 bridgehead atoms. The zero-order valence-corrected chi connectivity index (χ0v) is 15.6. The molecule has 0 unspecified atom stereocenters. The van der Waals surface area contributed by atoms with E-state index in [1.807, 2.05) is 0 Å². The Hall–Kier alpha value is -0.0400. The average molecular weight is 397 g/mol. The maximum atomic E-state index is 10.3. The zero-order chi connectivity index (χ0) is 14.1. The molecule has 5 heteroatoms. The molecule has 0 aromatic rings. The summed E-state index contributed by atoms with van der Waals surface area (Å²) in [5, 5.41) is 16.9. The van der Waals surface area contributed by atoms with Crippen LogP contribution in [-0.4, -0.2) is 36.3 Å². The van der Waals surface area contributed by atoms with Gasteiger partial charge in [0.2, 0.25) is 0 Å². The van der Waals surface area contributed by atoms with Crippen LogP contribution in [0.25, 0.3) is 0 Å². The predicted octanol–water partition coefficient (Wildman–Crippen LogP) is 2.90. The number of hydrogen-bond acceptors (Lipinski definition) is 2. The van der Waals surface area contributed by atoms with E-state index in [-0.39, 0.29) is 24.0 Å². The first kappa shape index (κ1) is 20.0. The number of hydrogen-bond donors (Lipinski definition) is 3. The van der Waals surface area contributed by atoms with Gasteiger partial charge in [0.1, 0.15) is 0 Å². The number of aliphatic hydroxyl groups is 1. The first-order valence-electron chi connectivity index (χ1n) is 7.80. The van der Waals surface area contributed by atoms with Gasteiger partial charge >= 0.3 is 0 Å². The van der Waals surface area contributed by atoms with Crippen molar-refractivity contribution in [1.29, 1.82) is 0 Å². The number of guanidine groups is 1. The minimum absolute atomic E-state index is 0. The van der Waals surface area contributed by atoms with Gasteiger partial charge in [0.05, 0.1) is 12.1 Å². The van der Waals surface area contributed by atoms with Crippen LogP contribution < -0.4 is 10.6 Å². The molecule has 1 fully saturated rings. The Kier molecular flexibility index (Phi) is 10.6. The van der Waals surface area contributed by atoms with Crippen LogP contribution in [0, 0.1) is 5.92 Å². The van der Waals surface area contributed by atoms with E-state index in [1.54, 1.807) is 0 Å². The van der Waals surface area contributed by atoms with Crippen LogP contribution in [0.1, 0.15) is 59.3 Å². The van der Waals surface area contributed by atoms with E-state index in [0.29, 0.717) is 6.54 Å². The fourth-order valence-corrected chi connectivity index (χ4v) is 2.48. The molecule has 0 aliphatic heterocycles. The number of nitrogens with zero attached hydrogens (tertiary/aromatic N) is 1. The van der Waals surface area contributed by atoms with Crippen LogP contribution in [0.4, 0.5) is 0 Å². The Morgan fingerprint density at radius 1 is 1.25 bits per heavy atom. The highest BCUT2D eigenvalue weighted by Gasteiger charge is 2.30. The quantitative estimate of drug-likeness (QED) is 0.268. The lowest BCUT2D eigenvalue weighted by molar-refractivity contribution is 0.0574. The Labute approximate surface area is 141 Å². The maximum absolute atomic E-state index is 10.3. The molecule has 0 heterocycles. The van der Waals surface area contributed by atoms with Gasteiger partial charge < -0.3 is 15.7 Å². The summed E-state index contributed by atoms with van der Waals surface area (Å²) in [7, 11) is 0. The van der Waals surface area contributed by atoms with Crippen molar-refractivity contribution in [3.8, 4) is 0 Å². The summed E-state index contributed by atoms with van der Waals surface area (Å²) in [5.74, 6) is 1.59. The van der Waals surface area contributed by atoms with Crippen LogP contribution in [0.5, 0.6) is 0 Å². The van der Waals surface area contributed by atoms with E-state index >= 15 is 0 Å². The lowest BCUT2D eigenvalue weighted by atomic mass is 10.0. The van der Waals surface area contributed by atoms with E-state index in [1.165, 1.54) is 6.42 Å². The molecular formula is C15H32IN3O. The second kappa shape index (κ2) is 10.7. The van der Waals surface area contributed by atoms with Gasteiger partial charge in [-0.25, -0.2) is 0 Å². The molecule has 20 heavy (non-hydrogen) atoms. The molecule has 1 saturated carbocycles. The predicted molar refractivity (Wildman–Crippen MR) is 96.9 cm³/mol. The molecule has 0 aromatic heterocycles. The number of rotatable bonds is 7. The van der Waals surface area contributed by atoms with Gasteiger partial charge in [-0.15, -0.1) is 24.0 Å². The molecule has 1 rings (SSSR count). The summed E-state index contributed by atoms with van der Waals surface area (Å²) in [4.78, 5) is 4.53. The van der Waals surface area contributed by atoms with Crippen molar-refractivity contribution in [2.75, 3.05) is 19.6 Å². The molecule has 0 atom stereocenters. The summed E-state index contributed by atoms with van der Waals surface area (Å²) in [6.07, 6.45) is 6.43. The lowest BCUT2D eigenvalue weighted by Crippen LogP contribution is -2.39. The topological polar surface area (TPSA) is 56.7 Å². The van der Waals surface area contributed by atoms with Gasteiger partial charge in [-0.2, -0.15) is 0 Å². The first-order chi connectivity index (χ1) is 9.06. The summed E-state index contributed by atoms with van der Waals surface area (Å²) in [6.45, 7) is 8.88. The number of halogens is 1. The van der Waals surface area contributed by atoms with Crippen LogP contribution in [0.3, 0.4) is 0 Å². The van der Waals surface area contributed by atoms with E-state index in [4.69, 9.17) is 0 Å². The molecule has 0 aromatic carbocycles. The van der Waals surface area contributed by atoms with Crippen LogP contribution in [-0.2, 0) is 0 Å². The first-order valence-corrected chi connectivity index (χ1v) is 7.80. The van der Waals surface area contributed by atoms with Gasteiger partial charge in [-0.3, -0.25) is 4.99 Å². The SMILES string of the molecule is CCNC(=NCC1(O)CCCC1)NCCCC(C)C.I. The van der Waals surface area contributed by atoms with E-state index in [9.17, 15) is 5.11 Å². The minimum Gasteiger partial charge on any atom is -0.388 e. The molecule has 0 saturated heterocycles. The molecule has 120 valence electrons. The van der Waals surface area contributed by atoms with Gasteiger partial charge in [-0.05, 0) is 38.5 Å². The standard InChI is InChI=1S/C15H31N3O.HI/c1-4-16-14(17-11-7-8-13(2)3)18-12-15(19)9-5-6-10-15;/h13,19H,4-12H2,1-3H3,(H2,16,17,18);1H. The fraction of sp³-hybridized carbons (Fsp3) is 0.933. The molecule has 4 nitrogen and oxygen atoms in total. The largest absolute Gasteiger partial charge is 0.388 e. The Bertz CT molecular complexity index is 276. The third kappa shape index (κ3) is 8.29. The molecule has 3 N–H and O–H groups in total. The highest BCUT2D eigenvalue weighted by atomic mass is 127. The van der Waals surface area contributed by atoms with Gasteiger partial charge in [0.15, 0.2) is 5.96 Å². The highest BCUT2D eigenvalue weighted by Crippen LogP contribution is 2.29. The molecule has 0 spiro atoms. The van der Waals surface area contributed by atoms with Crippen molar-refractivity contribution in [1.82, 2.24) is 10.6 Å². The summed E-state index contributed by atoms with van der Waals surface area (Å²) >= 11 is 0. The van der Waals surface area contributed by atoms with Crippen molar-refractivity contribution in [2.45, 2.75) is 64.9 Å². The third-order valence-corrected chi connectivity index (χ3v) is 3.66. The summed E-state index contributed by atoms with van der Waals surface area (Å²) < 4.78 is 0. The smallest absolute Gasteiger partial charge is 0.191 e. The van der Waals surface area contributed by atoms with Crippen molar-refractivity contribution in [3.05, 3.63) is 0 Å². The van der Waals surface area contributed by atoms with E-state index < -0.39 is 5.60 Å². The molecule has 0 amide bonds. The summed E-state index contributed by atoms with van der Waals surface area (Å²) in [6, 6.07) is 0. The zero-order valence-electron chi connectivity index (χ0n) is 13.2. The fourth-order valence-electron chi connectivity index (χ4n) is 2.48. The maximum Gasteiger partial charge on any atom is 0.191 e. The Morgan fingerprint density at radius 3 is 2.45 bits per heavy atom. The highest BCUT2D eigenvalue weighted by molar-refractivity contribution is 14.0. The van der Waals surface area contributed by atoms with Crippen molar-refractivity contribution in [3.63, 3.8) is 0 Å². The molecule has 1 aliphatic carbocycles. The van der Waals surface area contributed by atoms with Crippen molar-refractivity contribution < 1.29 is 5.11 Å². The van der Waals surface area contributed by atoms with Gasteiger partial charge in [-0.1, -0.05) is 26.7 Å². The van der Waals surface area contributed by atoms with E-state index in [2.05, 4.69) is 36.4 Å². The van der Waals surface area contributed by atoms with Gasteiger partial charge in [0, 0.05) is 13.1 Å². The van der Waals surface area contributed by atoms with Gasteiger partial charge in [0.25, 0.3) is 0 Å². The number of nitrogens with one attached hydrogen (secondary N) is 2. The molecule has 0 radical (unpaired) electrons. The van der Waals surface area contributed by atoms with Crippen LogP contribution >= 0.6 is 24.0 Å². The summed E-state index contributed by atoms with van der Waals surface area (Å²) in [5.41, 5.74) is -0.555. The second-order valence-electron chi connectivity index (χ2n) is 6.09. The molecular weight excluding hydrogens is 365 g/mol. The Balaban J connectivity index is 0.00000361. The minimum atomic E-state index is -0.555. The van der Waals surface area contributed by atoms with Crippen molar-refractivity contribution >= 4 is 29.9 Å². The second-order valence-corrected chi connectivity index (χ2v) is 6.09. The normalized spacial score (nSPS) is 17.9. The average Bonchev–Trinajstić information content (AvgIpc) is 2.78. The van der Waals surface area contributed by atoms with E-state index in [0.717, 1.165) is 57.1 Å². The monoisotopic (exact) mass is 397 g/mol. The molecule has 1 aliphatic rings. The Morgan fingerprint density at radius 2 is 1.90 bits per heavy atom. The van der Waals surface area contributed by atoms with Crippen LogP contribution in [0.2, 0.25) is 0 Å².